The van der Waals surface area contributed by atoms with Gasteiger partial charge in [0.05, 0.1) is 19.3 Å². The molecule has 0 saturated carbocycles. The van der Waals surface area contributed by atoms with Gasteiger partial charge in [-0.2, -0.15) is 0 Å². The Morgan fingerprint density at radius 1 is 0.796 bits per heavy atom. The summed E-state index contributed by atoms with van der Waals surface area (Å²) in [7, 11) is 0. The summed E-state index contributed by atoms with van der Waals surface area (Å²) in [6, 6.07) is 5.29. The number of aryl methyl sites for hydroxylation is 1. The first-order valence-corrected chi connectivity index (χ1v) is 17.0. The van der Waals surface area contributed by atoms with Crippen molar-refractivity contribution in [3.8, 4) is 0 Å². The summed E-state index contributed by atoms with van der Waals surface area (Å²) in [5.41, 5.74) is -0.759. The lowest BCUT2D eigenvalue weighted by Crippen LogP contribution is -2.59. The first-order valence-electron chi connectivity index (χ1n) is 17.0. The molecule has 0 bridgehead atoms. The Morgan fingerprint density at radius 2 is 1.31 bits per heavy atom. The number of benzene rings is 1. The van der Waals surface area contributed by atoms with Crippen molar-refractivity contribution in [1.29, 1.82) is 0 Å². The molecule has 49 heavy (non-hydrogen) atoms. The van der Waals surface area contributed by atoms with Gasteiger partial charge in [-0.25, -0.2) is 4.79 Å². The van der Waals surface area contributed by atoms with Gasteiger partial charge in [-0.05, 0) is 70.8 Å². The standard InChI is InChI=1S/C36H56N4O9/c1-22(2)17-27(31(43)36(9)21-48-36)38-34(46)29(19-47-20-30(42)49-35(6,7)8)40-33(45)28(18-23(3)4)39-32(44)26(37-24(5)41)16-15-25-13-11-10-12-14-25/h10-14,22-23,26-29H,15-21H2,1-9H3,(H,37,41)(H,38,46)(H,39,44)(H,40,45)/t26-,27-,28-,29-,36+/m0/s1. The van der Waals surface area contributed by atoms with E-state index in [9.17, 15) is 28.8 Å². The lowest BCUT2D eigenvalue weighted by molar-refractivity contribution is -0.161. The van der Waals surface area contributed by atoms with Crippen LogP contribution in [0.1, 0.15) is 87.1 Å². The van der Waals surface area contributed by atoms with Crippen LogP contribution in [0.25, 0.3) is 0 Å². The van der Waals surface area contributed by atoms with Gasteiger partial charge in [0.2, 0.25) is 23.6 Å². The minimum absolute atomic E-state index is 0.0393. The number of carbonyl (C=O) groups excluding carboxylic acids is 6. The van der Waals surface area contributed by atoms with Crippen molar-refractivity contribution in [2.45, 2.75) is 123 Å². The topological polar surface area (TPSA) is 182 Å². The number of nitrogens with one attached hydrogen (secondary N) is 4. The molecule has 1 heterocycles. The summed E-state index contributed by atoms with van der Waals surface area (Å²) >= 11 is 0. The average Bonchev–Trinajstić information content (AvgIpc) is 3.74. The van der Waals surface area contributed by atoms with Crippen molar-refractivity contribution in [3.63, 3.8) is 0 Å². The summed E-state index contributed by atoms with van der Waals surface area (Å²) in [5, 5.41) is 10.9. The molecule has 0 aliphatic carbocycles. The first kappa shape index (κ1) is 41.3. The van der Waals surface area contributed by atoms with Crippen LogP contribution in [0.4, 0.5) is 0 Å². The van der Waals surface area contributed by atoms with Gasteiger partial charge in [-0.1, -0.05) is 58.0 Å². The maximum absolute atomic E-state index is 13.8. The van der Waals surface area contributed by atoms with Crippen LogP contribution in [0.15, 0.2) is 30.3 Å². The average molecular weight is 689 g/mol. The SMILES string of the molecule is CC(=O)N[C@@H](CCc1ccccc1)C(=O)N[C@@H](CC(C)C)C(=O)N[C@@H](COCC(=O)OC(C)(C)C)C(=O)N[C@@H](CC(C)C)C(=O)[C@@]1(C)CO1. The minimum Gasteiger partial charge on any atom is -0.458 e. The van der Waals surface area contributed by atoms with Gasteiger partial charge in [0, 0.05) is 6.92 Å². The molecule has 13 heteroatoms. The number of amides is 4. The van der Waals surface area contributed by atoms with Crippen molar-refractivity contribution in [1.82, 2.24) is 21.3 Å². The summed E-state index contributed by atoms with van der Waals surface area (Å²) < 4.78 is 16.1. The largest absolute Gasteiger partial charge is 0.458 e. The summed E-state index contributed by atoms with van der Waals surface area (Å²) in [5.74, 6) is -3.23. The van der Waals surface area contributed by atoms with E-state index in [0.717, 1.165) is 5.56 Å². The van der Waals surface area contributed by atoms with E-state index in [2.05, 4.69) is 21.3 Å². The highest BCUT2D eigenvalue weighted by Crippen LogP contribution is 2.29. The molecule has 1 fully saturated rings. The number of Topliss-reactive ketones (excluding diaryl/α,β-unsaturated/α-hetero) is 1. The highest BCUT2D eigenvalue weighted by Gasteiger charge is 2.50. The Hall–Kier alpha value is -3.84. The summed E-state index contributed by atoms with van der Waals surface area (Å²) in [4.78, 5) is 78.5. The van der Waals surface area contributed by atoms with Crippen LogP contribution in [0, 0.1) is 11.8 Å². The van der Waals surface area contributed by atoms with Crippen LogP contribution < -0.4 is 21.3 Å². The van der Waals surface area contributed by atoms with E-state index < -0.39 is 78.2 Å². The molecule has 1 saturated heterocycles. The predicted octanol–water partition coefficient (Wildman–Crippen LogP) is 2.39. The number of ketones is 1. The van der Waals surface area contributed by atoms with Crippen molar-refractivity contribution in [2.75, 3.05) is 19.8 Å². The lowest BCUT2D eigenvalue weighted by Gasteiger charge is -2.28. The van der Waals surface area contributed by atoms with E-state index in [1.807, 2.05) is 58.0 Å². The molecular formula is C36H56N4O9. The Morgan fingerprint density at radius 3 is 1.84 bits per heavy atom. The van der Waals surface area contributed by atoms with E-state index in [4.69, 9.17) is 14.2 Å². The molecular weight excluding hydrogens is 632 g/mol. The molecule has 1 aromatic carbocycles. The van der Waals surface area contributed by atoms with E-state index in [1.54, 1.807) is 27.7 Å². The molecule has 5 atom stereocenters. The molecule has 0 aromatic heterocycles. The number of carbonyl (C=O) groups is 6. The summed E-state index contributed by atoms with van der Waals surface area (Å²) in [6.45, 7) is 15.0. The van der Waals surface area contributed by atoms with Crippen LogP contribution >= 0.6 is 0 Å². The number of ether oxygens (including phenoxy) is 3. The number of hydrogen-bond donors (Lipinski definition) is 4. The highest BCUT2D eigenvalue weighted by molar-refractivity contribution is 5.98. The summed E-state index contributed by atoms with van der Waals surface area (Å²) in [6.07, 6.45) is 1.36. The third-order valence-corrected chi connectivity index (χ3v) is 7.59. The van der Waals surface area contributed by atoms with Crippen molar-refractivity contribution in [2.24, 2.45) is 11.8 Å². The molecule has 0 unspecified atom stereocenters. The van der Waals surface area contributed by atoms with Crippen LogP contribution in [0.5, 0.6) is 0 Å². The Kier molecular flexibility index (Phi) is 15.9. The quantitative estimate of drug-likeness (QED) is 0.118. The zero-order chi connectivity index (χ0) is 36.9. The number of hydrogen-bond acceptors (Lipinski definition) is 9. The van der Waals surface area contributed by atoms with Gasteiger partial charge >= 0.3 is 5.97 Å². The van der Waals surface area contributed by atoms with Crippen molar-refractivity contribution < 1.29 is 43.0 Å². The molecule has 13 nitrogen and oxygen atoms in total. The second kappa shape index (κ2) is 18.8. The van der Waals surface area contributed by atoms with Crippen molar-refractivity contribution in [3.05, 3.63) is 35.9 Å². The fraction of sp³-hybridized carbons (Fsp3) is 0.667. The minimum atomic E-state index is -1.33. The number of esters is 1. The maximum atomic E-state index is 13.8. The molecule has 1 aromatic rings. The zero-order valence-corrected chi connectivity index (χ0v) is 30.5. The lowest BCUT2D eigenvalue weighted by atomic mass is 9.93. The van der Waals surface area contributed by atoms with E-state index >= 15 is 0 Å². The monoisotopic (exact) mass is 688 g/mol. The predicted molar refractivity (Wildman–Crippen MR) is 183 cm³/mol. The van der Waals surface area contributed by atoms with E-state index in [1.165, 1.54) is 6.92 Å². The Bertz CT molecular complexity index is 1290. The Balaban J connectivity index is 2.26. The van der Waals surface area contributed by atoms with Gasteiger partial charge < -0.3 is 35.5 Å². The number of rotatable bonds is 20. The molecule has 0 radical (unpaired) electrons. The number of epoxide rings is 1. The smallest absolute Gasteiger partial charge is 0.332 e. The van der Waals surface area contributed by atoms with E-state index in [-0.39, 0.29) is 30.6 Å². The maximum Gasteiger partial charge on any atom is 0.332 e. The molecule has 1 aliphatic rings. The van der Waals surface area contributed by atoms with E-state index in [0.29, 0.717) is 19.3 Å². The van der Waals surface area contributed by atoms with Gasteiger partial charge in [-0.3, -0.25) is 24.0 Å². The molecule has 1 aliphatic heterocycles. The molecule has 0 spiro atoms. The zero-order valence-electron chi connectivity index (χ0n) is 30.5. The van der Waals surface area contributed by atoms with Gasteiger partial charge in [-0.15, -0.1) is 0 Å². The second-order valence-electron chi connectivity index (χ2n) is 14.7. The second-order valence-corrected chi connectivity index (χ2v) is 14.7. The third kappa shape index (κ3) is 15.5. The fourth-order valence-electron chi connectivity index (χ4n) is 5.13. The molecule has 4 N–H and O–H groups in total. The van der Waals surface area contributed by atoms with Crippen LogP contribution in [-0.4, -0.2) is 90.6 Å². The molecule has 2 rings (SSSR count). The Labute approximate surface area is 290 Å². The molecule has 4 amide bonds. The van der Waals surface area contributed by atoms with Crippen LogP contribution in [0.3, 0.4) is 0 Å². The van der Waals surface area contributed by atoms with Crippen LogP contribution in [0.2, 0.25) is 0 Å². The first-order chi connectivity index (χ1) is 22.8. The highest BCUT2D eigenvalue weighted by atomic mass is 16.6. The van der Waals surface area contributed by atoms with Crippen molar-refractivity contribution >= 4 is 35.4 Å². The fourth-order valence-corrected chi connectivity index (χ4v) is 5.13. The molecule has 274 valence electrons. The van der Waals surface area contributed by atoms with Gasteiger partial charge in [0.15, 0.2) is 5.78 Å². The normalized spacial score (nSPS) is 18.1. The van der Waals surface area contributed by atoms with Crippen LogP contribution in [-0.2, 0) is 49.4 Å². The third-order valence-electron chi connectivity index (χ3n) is 7.59. The van der Waals surface area contributed by atoms with Gasteiger partial charge in [0.1, 0.15) is 35.9 Å². The van der Waals surface area contributed by atoms with Gasteiger partial charge in [0.25, 0.3) is 0 Å².